The minimum absolute atomic E-state index is 0.0461. The highest BCUT2D eigenvalue weighted by molar-refractivity contribution is 5.74. The molecule has 0 bridgehead atoms. The van der Waals surface area contributed by atoms with Crippen molar-refractivity contribution in [2.75, 3.05) is 26.7 Å². The molecule has 1 aromatic heterocycles. The standard InChI is InChI=1S/C22H34N4O2/c1-25(16-18-6-5-11-23-15-18)20-14-22(28-17-20)9-12-26(13-10-22)21(27)24-19-7-3-2-4-8-19/h5-6,11,15,19-20H,2-4,7-10,12-14,16-17H2,1H3,(H,24,27)/t20-/m0/s1. The summed E-state index contributed by atoms with van der Waals surface area (Å²) in [6.45, 7) is 3.29. The molecule has 0 aromatic carbocycles. The molecule has 3 aliphatic rings. The zero-order chi connectivity index (χ0) is 19.4. The van der Waals surface area contributed by atoms with Gasteiger partial charge in [-0.25, -0.2) is 4.79 Å². The third-order valence-electron chi connectivity index (χ3n) is 6.86. The maximum Gasteiger partial charge on any atom is 0.317 e. The third kappa shape index (κ3) is 4.66. The summed E-state index contributed by atoms with van der Waals surface area (Å²) in [5.74, 6) is 0. The number of aromatic nitrogens is 1. The average molecular weight is 387 g/mol. The Bertz CT molecular complexity index is 639. The first-order chi connectivity index (χ1) is 13.6. The molecule has 1 saturated carbocycles. The number of carbonyl (C=O) groups is 1. The molecule has 1 N–H and O–H groups in total. The second-order valence-electron chi connectivity index (χ2n) is 8.90. The molecule has 2 saturated heterocycles. The van der Waals surface area contributed by atoms with E-state index in [1.165, 1.54) is 24.8 Å². The quantitative estimate of drug-likeness (QED) is 0.863. The Morgan fingerprint density at radius 3 is 2.82 bits per heavy atom. The molecule has 2 amide bonds. The zero-order valence-corrected chi connectivity index (χ0v) is 17.1. The number of nitrogens with one attached hydrogen (secondary N) is 1. The van der Waals surface area contributed by atoms with E-state index in [4.69, 9.17) is 4.74 Å². The molecule has 3 heterocycles. The number of hydrogen-bond acceptors (Lipinski definition) is 4. The summed E-state index contributed by atoms with van der Waals surface area (Å²) in [7, 11) is 2.17. The number of likely N-dealkylation sites (tertiary alicyclic amines) is 1. The van der Waals surface area contributed by atoms with E-state index in [1.54, 1.807) is 0 Å². The van der Waals surface area contributed by atoms with E-state index in [-0.39, 0.29) is 11.6 Å². The Morgan fingerprint density at radius 2 is 2.11 bits per heavy atom. The van der Waals surface area contributed by atoms with E-state index in [0.29, 0.717) is 12.1 Å². The fraction of sp³-hybridized carbons (Fsp3) is 0.727. The van der Waals surface area contributed by atoms with Gasteiger partial charge in [0.15, 0.2) is 0 Å². The third-order valence-corrected chi connectivity index (χ3v) is 6.86. The SMILES string of the molecule is CN(Cc1cccnc1)[C@@H]1COC2(CCN(C(=O)NC3CCCCC3)CC2)C1. The molecule has 0 radical (unpaired) electrons. The number of nitrogens with zero attached hydrogens (tertiary/aromatic N) is 3. The first-order valence-electron chi connectivity index (χ1n) is 10.9. The molecule has 3 fully saturated rings. The second kappa shape index (κ2) is 8.78. The van der Waals surface area contributed by atoms with Gasteiger partial charge in [-0.1, -0.05) is 25.3 Å². The number of rotatable bonds is 4. The first-order valence-corrected chi connectivity index (χ1v) is 10.9. The van der Waals surface area contributed by atoms with E-state index in [1.807, 2.05) is 23.4 Å². The summed E-state index contributed by atoms with van der Waals surface area (Å²) in [6.07, 6.45) is 12.8. The maximum atomic E-state index is 12.6. The van der Waals surface area contributed by atoms with Crippen LogP contribution >= 0.6 is 0 Å². The first kappa shape index (κ1) is 19.6. The monoisotopic (exact) mass is 386 g/mol. The van der Waals surface area contributed by atoms with Crippen molar-refractivity contribution in [1.82, 2.24) is 20.1 Å². The Labute approximate surface area is 168 Å². The van der Waals surface area contributed by atoms with Crippen molar-refractivity contribution in [2.45, 2.75) is 75.6 Å². The number of amides is 2. The van der Waals surface area contributed by atoms with Crippen LogP contribution in [0.15, 0.2) is 24.5 Å². The van der Waals surface area contributed by atoms with Gasteiger partial charge in [0.05, 0.1) is 12.2 Å². The fourth-order valence-electron chi connectivity index (χ4n) is 4.99. The van der Waals surface area contributed by atoms with Crippen molar-refractivity contribution in [3.8, 4) is 0 Å². The van der Waals surface area contributed by atoms with Crippen LogP contribution in [0.2, 0.25) is 0 Å². The van der Waals surface area contributed by atoms with E-state index in [2.05, 4.69) is 28.3 Å². The van der Waals surface area contributed by atoms with Crippen LogP contribution in [0, 0.1) is 0 Å². The molecular weight excluding hydrogens is 352 g/mol. The van der Waals surface area contributed by atoms with Crippen LogP contribution in [0.3, 0.4) is 0 Å². The lowest BCUT2D eigenvalue weighted by atomic mass is 9.87. The molecule has 1 atom stereocenters. The van der Waals surface area contributed by atoms with Gasteiger partial charge in [-0.15, -0.1) is 0 Å². The largest absolute Gasteiger partial charge is 0.373 e. The van der Waals surface area contributed by atoms with Crippen molar-refractivity contribution in [3.05, 3.63) is 30.1 Å². The molecule has 1 spiro atoms. The molecule has 6 nitrogen and oxygen atoms in total. The molecule has 1 aromatic rings. The van der Waals surface area contributed by atoms with Crippen molar-refractivity contribution in [2.24, 2.45) is 0 Å². The number of piperidine rings is 1. The predicted octanol–water partition coefficient (Wildman–Crippen LogP) is 3.18. The summed E-state index contributed by atoms with van der Waals surface area (Å²) in [6, 6.07) is 5.06. The smallest absolute Gasteiger partial charge is 0.317 e. The Morgan fingerprint density at radius 1 is 1.32 bits per heavy atom. The van der Waals surface area contributed by atoms with Crippen LogP contribution < -0.4 is 5.32 Å². The van der Waals surface area contributed by atoms with Crippen LogP contribution in [0.25, 0.3) is 0 Å². The molecule has 154 valence electrons. The molecule has 28 heavy (non-hydrogen) atoms. The van der Waals surface area contributed by atoms with Gasteiger partial charge in [-0.2, -0.15) is 0 Å². The van der Waals surface area contributed by atoms with E-state index in [9.17, 15) is 4.79 Å². The van der Waals surface area contributed by atoms with Gasteiger partial charge in [0, 0.05) is 44.1 Å². The lowest BCUT2D eigenvalue weighted by Crippen LogP contribution is -2.52. The van der Waals surface area contributed by atoms with Crippen molar-refractivity contribution < 1.29 is 9.53 Å². The van der Waals surface area contributed by atoms with Crippen LogP contribution in [-0.4, -0.2) is 65.2 Å². The van der Waals surface area contributed by atoms with Crippen LogP contribution in [0.4, 0.5) is 4.79 Å². The Balaban J connectivity index is 1.24. The highest BCUT2D eigenvalue weighted by atomic mass is 16.5. The van der Waals surface area contributed by atoms with Crippen molar-refractivity contribution in [1.29, 1.82) is 0 Å². The van der Waals surface area contributed by atoms with Crippen LogP contribution in [-0.2, 0) is 11.3 Å². The summed E-state index contributed by atoms with van der Waals surface area (Å²) in [4.78, 5) is 21.2. The summed E-state index contributed by atoms with van der Waals surface area (Å²) in [5, 5.41) is 3.25. The van der Waals surface area contributed by atoms with Gasteiger partial charge in [0.2, 0.25) is 0 Å². The number of hydrogen-bond donors (Lipinski definition) is 1. The highest BCUT2D eigenvalue weighted by Crippen LogP contribution is 2.37. The maximum absolute atomic E-state index is 12.6. The van der Waals surface area contributed by atoms with Gasteiger partial charge < -0.3 is 15.0 Å². The average Bonchev–Trinajstić information content (AvgIpc) is 3.14. The Hall–Kier alpha value is -1.66. The van der Waals surface area contributed by atoms with E-state index < -0.39 is 0 Å². The van der Waals surface area contributed by atoms with Crippen LogP contribution in [0.1, 0.15) is 56.9 Å². The lowest BCUT2D eigenvalue weighted by Gasteiger charge is -2.39. The lowest BCUT2D eigenvalue weighted by molar-refractivity contribution is -0.0369. The minimum Gasteiger partial charge on any atom is -0.373 e. The normalized spacial score (nSPS) is 25.4. The second-order valence-corrected chi connectivity index (χ2v) is 8.90. The number of ether oxygens (including phenoxy) is 1. The Kier molecular flexibility index (Phi) is 6.16. The molecule has 2 aliphatic heterocycles. The van der Waals surface area contributed by atoms with Gasteiger partial charge >= 0.3 is 6.03 Å². The van der Waals surface area contributed by atoms with Gasteiger partial charge in [0.25, 0.3) is 0 Å². The zero-order valence-electron chi connectivity index (χ0n) is 17.1. The molecule has 6 heteroatoms. The highest BCUT2D eigenvalue weighted by Gasteiger charge is 2.44. The van der Waals surface area contributed by atoms with Crippen molar-refractivity contribution in [3.63, 3.8) is 0 Å². The van der Waals surface area contributed by atoms with Crippen molar-refractivity contribution >= 4 is 6.03 Å². The van der Waals surface area contributed by atoms with Gasteiger partial charge in [0.1, 0.15) is 0 Å². The fourth-order valence-corrected chi connectivity index (χ4v) is 4.99. The predicted molar refractivity (Wildman–Crippen MR) is 109 cm³/mol. The topological polar surface area (TPSA) is 57.7 Å². The molecule has 0 unspecified atom stereocenters. The number of likely N-dealkylation sites (N-methyl/N-ethyl adjacent to an activating group) is 1. The number of pyridine rings is 1. The number of urea groups is 1. The van der Waals surface area contributed by atoms with Gasteiger partial charge in [-0.05, 0) is 50.8 Å². The van der Waals surface area contributed by atoms with E-state index in [0.717, 1.165) is 58.3 Å². The van der Waals surface area contributed by atoms with E-state index >= 15 is 0 Å². The molecule has 4 rings (SSSR count). The molecular formula is C22H34N4O2. The number of carbonyl (C=O) groups excluding carboxylic acids is 1. The van der Waals surface area contributed by atoms with Crippen LogP contribution in [0.5, 0.6) is 0 Å². The molecule has 1 aliphatic carbocycles. The summed E-state index contributed by atoms with van der Waals surface area (Å²) in [5.41, 5.74) is 1.19. The minimum atomic E-state index is -0.0461. The summed E-state index contributed by atoms with van der Waals surface area (Å²) >= 11 is 0. The summed E-state index contributed by atoms with van der Waals surface area (Å²) < 4.78 is 6.32. The van der Waals surface area contributed by atoms with Gasteiger partial charge in [-0.3, -0.25) is 9.88 Å².